The van der Waals surface area contributed by atoms with Gasteiger partial charge < -0.3 is 0 Å². The van der Waals surface area contributed by atoms with Gasteiger partial charge in [-0.05, 0) is 31.6 Å². The molecular formula is C14H28N2. The van der Waals surface area contributed by atoms with Gasteiger partial charge in [0.05, 0.1) is 17.6 Å². The average molecular weight is 224 g/mol. The van der Waals surface area contributed by atoms with Gasteiger partial charge in [0.25, 0.3) is 0 Å². The predicted octanol–water partition coefficient (Wildman–Crippen LogP) is 4.42. The Hall–Kier alpha value is -0.620. The van der Waals surface area contributed by atoms with Crippen molar-refractivity contribution >= 4 is 6.01 Å². The summed E-state index contributed by atoms with van der Waals surface area (Å²) in [6.07, 6.45) is 0. The first-order valence-electron chi connectivity index (χ1n) is 6.01. The molecule has 94 valence electrons. The SMILES string of the molecule is CC(C)(C)N=C=NC(C(C)(C)C)C(C)(C)C. The van der Waals surface area contributed by atoms with E-state index < -0.39 is 0 Å². The normalized spacial score (nSPS) is 13.6. The third-order valence-electron chi connectivity index (χ3n) is 2.21. The van der Waals surface area contributed by atoms with Crippen LogP contribution in [-0.2, 0) is 0 Å². The highest BCUT2D eigenvalue weighted by Crippen LogP contribution is 2.35. The van der Waals surface area contributed by atoms with Crippen molar-refractivity contribution in [3.05, 3.63) is 0 Å². The Morgan fingerprint density at radius 2 is 1.12 bits per heavy atom. The van der Waals surface area contributed by atoms with Gasteiger partial charge in [0, 0.05) is 0 Å². The van der Waals surface area contributed by atoms with Crippen molar-refractivity contribution in [1.29, 1.82) is 0 Å². The van der Waals surface area contributed by atoms with Crippen LogP contribution in [0.15, 0.2) is 9.98 Å². The van der Waals surface area contributed by atoms with Gasteiger partial charge in [-0.1, -0.05) is 41.5 Å². The minimum Gasteiger partial charge on any atom is -0.221 e. The van der Waals surface area contributed by atoms with Gasteiger partial charge in [0.1, 0.15) is 0 Å². The zero-order valence-corrected chi connectivity index (χ0v) is 12.5. The van der Waals surface area contributed by atoms with Crippen molar-refractivity contribution in [1.82, 2.24) is 0 Å². The molecule has 0 unspecified atom stereocenters. The molecule has 0 fully saturated rings. The zero-order valence-electron chi connectivity index (χ0n) is 12.5. The molecule has 0 spiro atoms. The fourth-order valence-electron chi connectivity index (χ4n) is 1.92. The summed E-state index contributed by atoms with van der Waals surface area (Å²) in [5.74, 6) is 0. The molecule has 0 aromatic rings. The maximum atomic E-state index is 4.53. The summed E-state index contributed by atoms with van der Waals surface area (Å²) >= 11 is 0. The summed E-state index contributed by atoms with van der Waals surface area (Å²) in [5, 5.41) is 0. The van der Waals surface area contributed by atoms with E-state index in [4.69, 9.17) is 0 Å². The van der Waals surface area contributed by atoms with Gasteiger partial charge in [0.15, 0.2) is 0 Å². The number of rotatable bonds is 1. The van der Waals surface area contributed by atoms with Gasteiger partial charge in [-0.25, -0.2) is 9.98 Å². The Kier molecular flexibility index (Phi) is 4.53. The zero-order chi connectivity index (χ0) is 13.2. The molecule has 0 amide bonds. The summed E-state index contributed by atoms with van der Waals surface area (Å²) < 4.78 is 0. The highest BCUT2D eigenvalue weighted by molar-refractivity contribution is 5.43. The lowest BCUT2D eigenvalue weighted by molar-refractivity contribution is 0.182. The molecule has 0 aliphatic rings. The monoisotopic (exact) mass is 224 g/mol. The highest BCUT2D eigenvalue weighted by atomic mass is 14.9. The van der Waals surface area contributed by atoms with Crippen molar-refractivity contribution in [2.75, 3.05) is 0 Å². The second-order valence-corrected chi connectivity index (χ2v) is 7.65. The smallest absolute Gasteiger partial charge is 0.0901 e. The number of hydrogen-bond donors (Lipinski definition) is 0. The molecule has 0 N–H and O–H groups in total. The molecule has 0 heterocycles. The Morgan fingerprint density at radius 1 is 0.750 bits per heavy atom. The van der Waals surface area contributed by atoms with Crippen LogP contribution >= 0.6 is 0 Å². The van der Waals surface area contributed by atoms with E-state index in [1.54, 1.807) is 0 Å². The third-order valence-corrected chi connectivity index (χ3v) is 2.21. The molecule has 0 atom stereocenters. The summed E-state index contributed by atoms with van der Waals surface area (Å²) in [6.45, 7) is 19.4. The largest absolute Gasteiger partial charge is 0.221 e. The minimum atomic E-state index is -0.0934. The molecule has 0 rings (SSSR count). The summed E-state index contributed by atoms with van der Waals surface area (Å²) in [4.78, 5) is 8.84. The molecule has 2 heteroatoms. The van der Waals surface area contributed by atoms with Gasteiger partial charge in [-0.2, -0.15) is 0 Å². The van der Waals surface area contributed by atoms with Crippen LogP contribution in [0.25, 0.3) is 0 Å². The average Bonchev–Trinajstić information content (AvgIpc) is 1.90. The first-order valence-corrected chi connectivity index (χ1v) is 6.01. The number of aliphatic imine (C=N–C) groups is 2. The molecule has 0 aromatic heterocycles. The van der Waals surface area contributed by atoms with E-state index in [2.05, 4.69) is 78.3 Å². The van der Waals surface area contributed by atoms with E-state index in [1.807, 2.05) is 0 Å². The second-order valence-electron chi connectivity index (χ2n) is 7.65. The molecule has 0 saturated carbocycles. The van der Waals surface area contributed by atoms with Crippen LogP contribution in [0.1, 0.15) is 62.3 Å². The van der Waals surface area contributed by atoms with E-state index in [0.717, 1.165) is 0 Å². The van der Waals surface area contributed by atoms with Crippen LogP contribution in [0.2, 0.25) is 0 Å². The number of hydrogen-bond acceptors (Lipinski definition) is 2. The van der Waals surface area contributed by atoms with Crippen LogP contribution in [0.3, 0.4) is 0 Å². The maximum absolute atomic E-state index is 4.53. The van der Waals surface area contributed by atoms with E-state index in [0.29, 0.717) is 0 Å². The summed E-state index contributed by atoms with van der Waals surface area (Å²) in [6, 6.07) is 3.12. The Morgan fingerprint density at radius 3 is 1.38 bits per heavy atom. The van der Waals surface area contributed by atoms with Crippen LogP contribution < -0.4 is 0 Å². The van der Waals surface area contributed by atoms with Crippen molar-refractivity contribution in [3.8, 4) is 0 Å². The van der Waals surface area contributed by atoms with E-state index in [9.17, 15) is 0 Å². The topological polar surface area (TPSA) is 24.7 Å². The molecule has 0 aliphatic heterocycles. The van der Waals surface area contributed by atoms with Crippen molar-refractivity contribution in [2.24, 2.45) is 20.8 Å². The number of nitrogens with zero attached hydrogens (tertiary/aromatic N) is 2. The molecular weight excluding hydrogens is 196 g/mol. The van der Waals surface area contributed by atoms with E-state index >= 15 is 0 Å². The fourth-order valence-corrected chi connectivity index (χ4v) is 1.92. The molecule has 0 bridgehead atoms. The quantitative estimate of drug-likeness (QED) is 0.589. The molecule has 0 saturated heterocycles. The van der Waals surface area contributed by atoms with Gasteiger partial charge >= 0.3 is 0 Å². The van der Waals surface area contributed by atoms with Crippen LogP contribution in [0.5, 0.6) is 0 Å². The molecule has 0 aliphatic carbocycles. The molecule has 0 radical (unpaired) electrons. The molecule has 0 aromatic carbocycles. The van der Waals surface area contributed by atoms with Crippen LogP contribution in [0.4, 0.5) is 0 Å². The Labute approximate surface area is 101 Å². The van der Waals surface area contributed by atoms with Crippen LogP contribution in [-0.4, -0.2) is 17.6 Å². The second kappa shape index (κ2) is 4.71. The third kappa shape index (κ3) is 6.07. The first kappa shape index (κ1) is 15.4. The summed E-state index contributed by atoms with van der Waals surface area (Å²) in [7, 11) is 0. The summed E-state index contributed by atoms with van der Waals surface area (Å²) in [5.41, 5.74) is 0.182. The van der Waals surface area contributed by atoms with Crippen molar-refractivity contribution in [3.63, 3.8) is 0 Å². The maximum Gasteiger partial charge on any atom is 0.0901 e. The fraction of sp³-hybridized carbons (Fsp3) is 0.929. The predicted molar refractivity (Wildman–Crippen MR) is 72.3 cm³/mol. The standard InChI is InChI=1S/C14H28N2/c1-12(2,3)11(13(4,5)6)15-10-16-14(7,8)9/h11H,1-9H3. The van der Waals surface area contributed by atoms with Crippen molar-refractivity contribution in [2.45, 2.75) is 73.9 Å². The lowest BCUT2D eigenvalue weighted by Crippen LogP contribution is -2.36. The Bertz CT molecular complexity index is 261. The van der Waals surface area contributed by atoms with Gasteiger partial charge in [-0.15, -0.1) is 0 Å². The van der Waals surface area contributed by atoms with Crippen molar-refractivity contribution < 1.29 is 0 Å². The minimum absolute atomic E-state index is 0.0934. The van der Waals surface area contributed by atoms with E-state index in [-0.39, 0.29) is 22.4 Å². The van der Waals surface area contributed by atoms with Gasteiger partial charge in [-0.3, -0.25) is 0 Å². The first-order chi connectivity index (χ1) is 6.84. The van der Waals surface area contributed by atoms with Gasteiger partial charge in [0.2, 0.25) is 0 Å². The molecule has 2 nitrogen and oxygen atoms in total. The van der Waals surface area contributed by atoms with Crippen LogP contribution in [0, 0.1) is 10.8 Å². The lowest BCUT2D eigenvalue weighted by atomic mass is 9.72. The molecule has 16 heavy (non-hydrogen) atoms. The van der Waals surface area contributed by atoms with E-state index in [1.165, 1.54) is 0 Å². The Balaban J connectivity index is 5.07. The lowest BCUT2D eigenvalue weighted by Gasteiger charge is -2.36. The highest BCUT2D eigenvalue weighted by Gasteiger charge is 2.34.